The highest BCUT2D eigenvalue weighted by Crippen LogP contribution is 2.19. The van der Waals surface area contributed by atoms with Crippen molar-refractivity contribution >= 4 is 11.8 Å². The minimum Gasteiger partial charge on any atom is -0.496 e. The molecule has 1 fully saturated rings. The summed E-state index contributed by atoms with van der Waals surface area (Å²) < 4.78 is 5.28. The molecule has 0 N–H and O–H groups in total. The number of carbonyl (C=O) groups is 2. The van der Waals surface area contributed by atoms with Crippen LogP contribution in [0, 0.1) is 12.8 Å². The van der Waals surface area contributed by atoms with Crippen molar-refractivity contribution in [2.24, 2.45) is 5.92 Å². The average molecular weight is 360 g/mol. The highest BCUT2D eigenvalue weighted by Gasteiger charge is 2.25. The number of hydrogen-bond acceptors (Lipinski definition) is 3. The van der Waals surface area contributed by atoms with Gasteiger partial charge in [0, 0.05) is 32.1 Å². The van der Waals surface area contributed by atoms with Crippen LogP contribution in [0.3, 0.4) is 0 Å². The van der Waals surface area contributed by atoms with E-state index in [1.807, 2.05) is 34.9 Å². The first kappa shape index (κ1) is 20.3. The van der Waals surface area contributed by atoms with E-state index in [1.54, 1.807) is 7.11 Å². The van der Waals surface area contributed by atoms with Crippen LogP contribution in [-0.4, -0.2) is 54.9 Å². The highest BCUT2D eigenvalue weighted by atomic mass is 16.5. The lowest BCUT2D eigenvalue weighted by Gasteiger charge is -2.25. The molecule has 0 aliphatic carbocycles. The second-order valence-corrected chi connectivity index (χ2v) is 7.05. The molecule has 0 saturated carbocycles. The molecule has 1 heterocycles. The third kappa shape index (κ3) is 4.99. The maximum atomic E-state index is 12.7. The van der Waals surface area contributed by atoms with Crippen LogP contribution < -0.4 is 4.74 Å². The van der Waals surface area contributed by atoms with E-state index < -0.39 is 0 Å². The van der Waals surface area contributed by atoms with Gasteiger partial charge in [0.05, 0.1) is 13.5 Å². The molecule has 0 bridgehead atoms. The Morgan fingerprint density at radius 3 is 2.35 bits per heavy atom. The molecule has 0 radical (unpaired) electrons. The van der Waals surface area contributed by atoms with Crippen LogP contribution in [0.1, 0.15) is 44.2 Å². The van der Waals surface area contributed by atoms with Gasteiger partial charge in [-0.05, 0) is 43.4 Å². The van der Waals surface area contributed by atoms with Crippen molar-refractivity contribution < 1.29 is 14.3 Å². The molecule has 0 aromatic heterocycles. The van der Waals surface area contributed by atoms with E-state index in [0.717, 1.165) is 49.2 Å². The summed E-state index contributed by atoms with van der Waals surface area (Å²) in [6, 6.07) is 5.87. The molecule has 0 unspecified atom stereocenters. The number of amides is 2. The lowest BCUT2D eigenvalue weighted by atomic mass is 10.0. The van der Waals surface area contributed by atoms with E-state index >= 15 is 0 Å². The first-order valence-electron chi connectivity index (χ1n) is 9.70. The number of hydrogen-bond donors (Lipinski definition) is 0. The summed E-state index contributed by atoms with van der Waals surface area (Å²) in [6.07, 6.45) is 3.00. The van der Waals surface area contributed by atoms with Crippen LogP contribution in [0.4, 0.5) is 0 Å². The fourth-order valence-corrected chi connectivity index (χ4v) is 3.62. The monoisotopic (exact) mass is 360 g/mol. The summed E-state index contributed by atoms with van der Waals surface area (Å²) in [5.41, 5.74) is 2.04. The molecule has 1 aromatic carbocycles. The van der Waals surface area contributed by atoms with Crippen LogP contribution in [-0.2, 0) is 16.0 Å². The lowest BCUT2D eigenvalue weighted by Crippen LogP contribution is -2.40. The van der Waals surface area contributed by atoms with Gasteiger partial charge in [-0.25, -0.2) is 0 Å². The van der Waals surface area contributed by atoms with Gasteiger partial charge in [-0.1, -0.05) is 26.0 Å². The molecule has 26 heavy (non-hydrogen) atoms. The van der Waals surface area contributed by atoms with Crippen molar-refractivity contribution in [1.82, 2.24) is 9.80 Å². The Morgan fingerprint density at radius 1 is 1.08 bits per heavy atom. The largest absolute Gasteiger partial charge is 0.496 e. The Balaban J connectivity index is 1.94. The molecule has 5 heteroatoms. The van der Waals surface area contributed by atoms with E-state index in [0.29, 0.717) is 19.5 Å². The molecule has 0 spiro atoms. The molecule has 1 aromatic rings. The van der Waals surface area contributed by atoms with Gasteiger partial charge in [0.15, 0.2) is 0 Å². The van der Waals surface area contributed by atoms with Crippen molar-refractivity contribution in [3.63, 3.8) is 0 Å². The number of nitrogens with zero attached hydrogens (tertiary/aromatic N) is 2. The van der Waals surface area contributed by atoms with Crippen molar-refractivity contribution in [2.45, 2.75) is 46.5 Å². The first-order valence-corrected chi connectivity index (χ1v) is 9.70. The molecule has 2 amide bonds. The van der Waals surface area contributed by atoms with E-state index in [4.69, 9.17) is 4.74 Å². The quantitative estimate of drug-likeness (QED) is 0.783. The van der Waals surface area contributed by atoms with Gasteiger partial charge in [-0.15, -0.1) is 0 Å². The van der Waals surface area contributed by atoms with Gasteiger partial charge >= 0.3 is 0 Å². The fraction of sp³-hybridized carbons (Fsp3) is 0.619. The molecule has 1 aliphatic heterocycles. The Bertz CT molecular complexity index is 626. The second kappa shape index (κ2) is 9.60. The third-order valence-corrected chi connectivity index (χ3v) is 5.31. The molecule has 144 valence electrons. The SMILES string of the molecule is CCC(CC)C(=O)N1CCCN(C(=O)Cc2ccc(OC)c(C)c2)CC1. The van der Waals surface area contributed by atoms with E-state index in [-0.39, 0.29) is 17.7 Å². The highest BCUT2D eigenvalue weighted by molar-refractivity contribution is 5.80. The zero-order valence-corrected chi connectivity index (χ0v) is 16.6. The van der Waals surface area contributed by atoms with Crippen LogP contribution in [0.2, 0.25) is 0 Å². The van der Waals surface area contributed by atoms with Crippen LogP contribution in [0.25, 0.3) is 0 Å². The molecular formula is C21H32N2O3. The number of methoxy groups -OCH3 is 1. The summed E-state index contributed by atoms with van der Waals surface area (Å²) in [5.74, 6) is 1.33. The Kier molecular flexibility index (Phi) is 7.49. The second-order valence-electron chi connectivity index (χ2n) is 7.05. The number of aryl methyl sites for hydroxylation is 1. The van der Waals surface area contributed by atoms with Crippen molar-refractivity contribution in [2.75, 3.05) is 33.3 Å². The third-order valence-electron chi connectivity index (χ3n) is 5.31. The number of ether oxygens (including phenoxy) is 1. The van der Waals surface area contributed by atoms with Gasteiger partial charge in [-0.3, -0.25) is 9.59 Å². The zero-order chi connectivity index (χ0) is 19.1. The predicted octanol–water partition coefficient (Wildman–Crippen LogP) is 3.04. The van der Waals surface area contributed by atoms with Gasteiger partial charge in [-0.2, -0.15) is 0 Å². The van der Waals surface area contributed by atoms with Gasteiger partial charge < -0.3 is 14.5 Å². The van der Waals surface area contributed by atoms with Gasteiger partial charge in [0.1, 0.15) is 5.75 Å². The summed E-state index contributed by atoms with van der Waals surface area (Å²) in [6.45, 7) is 8.86. The summed E-state index contributed by atoms with van der Waals surface area (Å²) in [7, 11) is 1.65. The molecule has 1 saturated heterocycles. The molecule has 0 atom stereocenters. The summed E-state index contributed by atoms with van der Waals surface area (Å²) in [5, 5.41) is 0. The number of carbonyl (C=O) groups excluding carboxylic acids is 2. The maximum absolute atomic E-state index is 12.7. The van der Waals surface area contributed by atoms with Gasteiger partial charge in [0.2, 0.25) is 11.8 Å². The van der Waals surface area contributed by atoms with Gasteiger partial charge in [0.25, 0.3) is 0 Å². The number of rotatable bonds is 6. The van der Waals surface area contributed by atoms with E-state index in [9.17, 15) is 9.59 Å². The van der Waals surface area contributed by atoms with Crippen molar-refractivity contribution in [1.29, 1.82) is 0 Å². The van der Waals surface area contributed by atoms with E-state index in [1.165, 1.54) is 0 Å². The topological polar surface area (TPSA) is 49.9 Å². The van der Waals surface area contributed by atoms with Crippen LogP contribution in [0.15, 0.2) is 18.2 Å². The maximum Gasteiger partial charge on any atom is 0.227 e. The number of benzene rings is 1. The predicted molar refractivity (Wildman–Crippen MR) is 103 cm³/mol. The Hall–Kier alpha value is -2.04. The normalized spacial score (nSPS) is 15.1. The zero-order valence-electron chi connectivity index (χ0n) is 16.6. The Labute approximate surface area is 157 Å². The van der Waals surface area contributed by atoms with Crippen molar-refractivity contribution in [3.8, 4) is 5.75 Å². The average Bonchev–Trinajstić information content (AvgIpc) is 2.89. The molecular weight excluding hydrogens is 328 g/mol. The fourth-order valence-electron chi connectivity index (χ4n) is 3.62. The lowest BCUT2D eigenvalue weighted by molar-refractivity contribution is -0.136. The first-order chi connectivity index (χ1) is 12.5. The standard InChI is InChI=1S/C21H32N2O3/c1-5-18(6-2)21(25)23-11-7-10-22(12-13-23)20(24)15-17-8-9-19(26-4)16(3)14-17/h8-9,14,18H,5-7,10-13,15H2,1-4H3. The molecule has 1 aliphatic rings. The smallest absolute Gasteiger partial charge is 0.227 e. The molecule has 5 nitrogen and oxygen atoms in total. The minimum atomic E-state index is 0.111. The van der Waals surface area contributed by atoms with Crippen LogP contribution in [0.5, 0.6) is 5.75 Å². The summed E-state index contributed by atoms with van der Waals surface area (Å²) >= 11 is 0. The van der Waals surface area contributed by atoms with Crippen molar-refractivity contribution in [3.05, 3.63) is 29.3 Å². The Morgan fingerprint density at radius 2 is 1.73 bits per heavy atom. The summed E-state index contributed by atoms with van der Waals surface area (Å²) in [4.78, 5) is 29.1. The van der Waals surface area contributed by atoms with E-state index in [2.05, 4.69) is 13.8 Å². The molecule has 2 rings (SSSR count). The van der Waals surface area contributed by atoms with Crippen LogP contribution >= 0.6 is 0 Å². The minimum absolute atomic E-state index is 0.111.